The molecule has 0 heterocycles. The van der Waals surface area contributed by atoms with Crippen LogP contribution in [0.2, 0.25) is 0 Å². The average Bonchev–Trinajstić information content (AvgIpc) is 2.18. The summed E-state index contributed by atoms with van der Waals surface area (Å²) in [7, 11) is 0. The Morgan fingerprint density at radius 1 is 1.47 bits per heavy atom. The third-order valence-corrected chi connectivity index (χ3v) is 2.08. The fraction of sp³-hybridized carbons (Fsp3) is 0.333. The molecular formula is C12H14N2O. The van der Waals surface area contributed by atoms with E-state index in [-0.39, 0.29) is 12.5 Å². The van der Waals surface area contributed by atoms with Gasteiger partial charge in [-0.1, -0.05) is 32.0 Å². The van der Waals surface area contributed by atoms with Gasteiger partial charge in [-0.05, 0) is 17.5 Å². The van der Waals surface area contributed by atoms with Crippen molar-refractivity contribution >= 4 is 11.6 Å². The van der Waals surface area contributed by atoms with Gasteiger partial charge in [0.1, 0.15) is 0 Å². The lowest BCUT2D eigenvalue weighted by atomic mass is 10.0. The quantitative estimate of drug-likeness (QED) is 0.751. The van der Waals surface area contributed by atoms with Crippen molar-refractivity contribution in [3.05, 3.63) is 41.2 Å². The number of anilines is 1. The number of rotatable bonds is 3. The summed E-state index contributed by atoms with van der Waals surface area (Å²) >= 11 is 0. The molecule has 78 valence electrons. The maximum atomic E-state index is 11.3. The Labute approximate surface area is 89.9 Å². The molecule has 3 heteroatoms. The smallest absolute Gasteiger partial charge is 0.304 e. The summed E-state index contributed by atoms with van der Waals surface area (Å²) in [5.41, 5.74) is 1.90. The van der Waals surface area contributed by atoms with E-state index in [0.29, 0.717) is 5.92 Å². The second-order valence-corrected chi connectivity index (χ2v) is 3.61. The lowest BCUT2D eigenvalue weighted by Crippen LogP contribution is -2.15. The number of nitrogens with zero attached hydrogens (tertiary/aromatic N) is 1. The Kier molecular flexibility index (Phi) is 3.87. The summed E-state index contributed by atoms with van der Waals surface area (Å²) in [6.45, 7) is 10.6. The van der Waals surface area contributed by atoms with E-state index in [9.17, 15) is 4.79 Å². The van der Waals surface area contributed by atoms with E-state index in [1.165, 1.54) is 0 Å². The molecule has 0 saturated carbocycles. The van der Waals surface area contributed by atoms with Crippen molar-refractivity contribution in [2.45, 2.75) is 19.8 Å². The van der Waals surface area contributed by atoms with Gasteiger partial charge in [-0.2, -0.15) is 0 Å². The largest absolute Gasteiger partial charge is 0.319 e. The van der Waals surface area contributed by atoms with Crippen LogP contribution in [0.1, 0.15) is 25.3 Å². The summed E-state index contributed by atoms with van der Waals surface area (Å²) < 4.78 is 0. The number of carbonyl (C=O) groups is 1. The van der Waals surface area contributed by atoms with Gasteiger partial charge in [0.25, 0.3) is 6.54 Å². The highest BCUT2D eigenvalue weighted by molar-refractivity contribution is 5.93. The Bertz CT molecular complexity index is 391. The van der Waals surface area contributed by atoms with E-state index in [2.05, 4.69) is 24.0 Å². The third kappa shape index (κ3) is 3.10. The average molecular weight is 202 g/mol. The predicted octanol–water partition coefficient (Wildman–Crippen LogP) is 2.67. The summed E-state index contributed by atoms with van der Waals surface area (Å²) in [5.74, 6) is 0.104. The van der Waals surface area contributed by atoms with Crippen LogP contribution in [0.5, 0.6) is 0 Å². The van der Waals surface area contributed by atoms with Crippen LogP contribution in [0.25, 0.3) is 4.85 Å². The van der Waals surface area contributed by atoms with Crippen LogP contribution in [-0.4, -0.2) is 12.5 Å². The number of para-hydroxylation sites is 1. The SMILES string of the molecule is [C-]#[N+]CC(=O)Nc1ccccc1C(C)C. The van der Waals surface area contributed by atoms with Gasteiger partial charge in [-0.15, -0.1) is 0 Å². The molecular weight excluding hydrogens is 188 g/mol. The van der Waals surface area contributed by atoms with Gasteiger partial charge < -0.3 is 10.2 Å². The van der Waals surface area contributed by atoms with Crippen molar-refractivity contribution in [2.24, 2.45) is 0 Å². The molecule has 0 aliphatic heterocycles. The molecule has 1 N–H and O–H groups in total. The summed E-state index contributed by atoms with van der Waals surface area (Å²) in [6, 6.07) is 7.66. The van der Waals surface area contributed by atoms with Gasteiger partial charge in [0.2, 0.25) is 0 Å². The van der Waals surface area contributed by atoms with Crippen LogP contribution in [0.3, 0.4) is 0 Å². The van der Waals surface area contributed by atoms with Gasteiger partial charge in [0.05, 0.1) is 0 Å². The van der Waals surface area contributed by atoms with Crippen LogP contribution >= 0.6 is 0 Å². The second-order valence-electron chi connectivity index (χ2n) is 3.61. The van der Waals surface area contributed by atoms with Gasteiger partial charge >= 0.3 is 5.91 Å². The third-order valence-electron chi connectivity index (χ3n) is 2.08. The van der Waals surface area contributed by atoms with Gasteiger partial charge in [-0.25, -0.2) is 6.57 Å². The van der Waals surface area contributed by atoms with E-state index >= 15 is 0 Å². The highest BCUT2D eigenvalue weighted by atomic mass is 16.1. The van der Waals surface area contributed by atoms with Crippen molar-refractivity contribution in [3.8, 4) is 0 Å². The molecule has 0 saturated heterocycles. The van der Waals surface area contributed by atoms with Crippen LogP contribution in [-0.2, 0) is 4.79 Å². The number of hydrogen-bond acceptors (Lipinski definition) is 1. The Hall–Kier alpha value is -1.82. The van der Waals surface area contributed by atoms with Gasteiger partial charge in [0.15, 0.2) is 0 Å². The minimum atomic E-state index is -0.252. The molecule has 1 aromatic carbocycles. The first-order chi connectivity index (χ1) is 7.15. The molecule has 0 spiro atoms. The first kappa shape index (κ1) is 11.3. The number of amides is 1. The summed E-state index contributed by atoms with van der Waals surface area (Å²) in [4.78, 5) is 14.3. The first-order valence-corrected chi connectivity index (χ1v) is 4.87. The summed E-state index contributed by atoms with van der Waals surface area (Å²) in [5, 5.41) is 2.74. The lowest BCUT2D eigenvalue weighted by molar-refractivity contribution is -0.114. The lowest BCUT2D eigenvalue weighted by Gasteiger charge is -2.11. The molecule has 0 unspecified atom stereocenters. The minimum absolute atomic E-state index is 0.119. The van der Waals surface area contributed by atoms with Gasteiger partial charge in [-0.3, -0.25) is 4.79 Å². The second kappa shape index (κ2) is 5.16. The first-order valence-electron chi connectivity index (χ1n) is 4.87. The Morgan fingerprint density at radius 3 is 2.73 bits per heavy atom. The molecule has 0 bridgehead atoms. The van der Waals surface area contributed by atoms with Crippen LogP contribution in [0.4, 0.5) is 5.69 Å². The Balaban J connectivity index is 2.85. The monoisotopic (exact) mass is 202 g/mol. The predicted molar refractivity (Wildman–Crippen MR) is 60.6 cm³/mol. The molecule has 0 fully saturated rings. The highest BCUT2D eigenvalue weighted by Crippen LogP contribution is 2.23. The molecule has 1 amide bonds. The Morgan fingerprint density at radius 2 is 2.13 bits per heavy atom. The number of carbonyl (C=O) groups excluding carboxylic acids is 1. The molecule has 1 rings (SSSR count). The van der Waals surface area contributed by atoms with Crippen LogP contribution in [0.15, 0.2) is 24.3 Å². The van der Waals surface area contributed by atoms with Crippen molar-refractivity contribution in [2.75, 3.05) is 11.9 Å². The summed E-state index contributed by atoms with van der Waals surface area (Å²) in [6.07, 6.45) is 0. The zero-order valence-corrected chi connectivity index (χ0v) is 8.95. The minimum Gasteiger partial charge on any atom is -0.319 e. The fourth-order valence-electron chi connectivity index (χ4n) is 1.38. The zero-order chi connectivity index (χ0) is 11.3. The number of hydrogen-bond donors (Lipinski definition) is 1. The van der Waals surface area contributed by atoms with E-state index < -0.39 is 0 Å². The zero-order valence-electron chi connectivity index (χ0n) is 8.95. The fourth-order valence-corrected chi connectivity index (χ4v) is 1.38. The molecule has 0 radical (unpaired) electrons. The van der Waals surface area contributed by atoms with Crippen molar-refractivity contribution in [1.29, 1.82) is 0 Å². The van der Waals surface area contributed by atoms with Crippen molar-refractivity contribution < 1.29 is 4.79 Å². The van der Waals surface area contributed by atoms with Crippen LogP contribution < -0.4 is 5.32 Å². The van der Waals surface area contributed by atoms with E-state index in [1.54, 1.807) is 0 Å². The molecule has 0 aliphatic rings. The molecule has 3 nitrogen and oxygen atoms in total. The van der Waals surface area contributed by atoms with E-state index in [4.69, 9.17) is 6.57 Å². The van der Waals surface area contributed by atoms with Crippen molar-refractivity contribution in [3.63, 3.8) is 0 Å². The van der Waals surface area contributed by atoms with Crippen LogP contribution in [0, 0.1) is 6.57 Å². The maximum absolute atomic E-state index is 11.3. The number of nitrogens with one attached hydrogen (secondary N) is 1. The molecule has 0 atom stereocenters. The van der Waals surface area contributed by atoms with Crippen molar-refractivity contribution in [1.82, 2.24) is 0 Å². The van der Waals surface area contributed by atoms with E-state index in [1.807, 2.05) is 24.3 Å². The van der Waals surface area contributed by atoms with Gasteiger partial charge in [0, 0.05) is 5.69 Å². The molecule has 1 aromatic rings. The maximum Gasteiger partial charge on any atom is 0.304 e. The van der Waals surface area contributed by atoms with E-state index in [0.717, 1.165) is 11.3 Å². The highest BCUT2D eigenvalue weighted by Gasteiger charge is 2.09. The number of benzene rings is 1. The molecule has 0 aliphatic carbocycles. The molecule has 15 heavy (non-hydrogen) atoms. The standard InChI is InChI=1S/C12H14N2O/c1-9(2)10-6-4-5-7-11(10)14-12(15)8-13-3/h4-7,9H,8H2,1-2H3,(H,14,15). The molecule has 0 aromatic heterocycles. The topological polar surface area (TPSA) is 33.5 Å². The normalized spacial score (nSPS) is 9.73.